The van der Waals surface area contributed by atoms with Gasteiger partial charge in [-0.15, -0.1) is 11.3 Å². The van der Waals surface area contributed by atoms with Gasteiger partial charge >= 0.3 is 0 Å². The minimum atomic E-state index is 0.445. The first-order valence-electron chi connectivity index (χ1n) is 24.4. The number of benzene rings is 10. The molecule has 10 aromatic carbocycles. The van der Waals surface area contributed by atoms with Gasteiger partial charge in [0.15, 0.2) is 11.7 Å². The maximum Gasteiger partial charge on any atom is 0.162 e. The molecule has 3 heterocycles. The van der Waals surface area contributed by atoms with Crippen molar-refractivity contribution in [1.82, 2.24) is 9.13 Å². The van der Waals surface area contributed by atoms with Gasteiger partial charge in [-0.1, -0.05) is 152 Å². The number of hydrogen-bond donors (Lipinski definition) is 0. The maximum atomic E-state index is 5.26. The highest BCUT2D eigenvalue weighted by Crippen LogP contribution is 2.40. The number of rotatable bonds is 8. The van der Waals surface area contributed by atoms with E-state index in [1.807, 2.05) is 18.2 Å². The van der Waals surface area contributed by atoms with Gasteiger partial charge in [-0.25, -0.2) is 9.98 Å². The number of para-hydroxylation sites is 3. The van der Waals surface area contributed by atoms with Crippen molar-refractivity contribution in [3.05, 3.63) is 252 Å². The number of amidine groups is 2. The lowest BCUT2D eigenvalue weighted by Gasteiger charge is -2.16. The lowest BCUT2D eigenvalue weighted by Crippen LogP contribution is -2.06. The van der Waals surface area contributed by atoms with Crippen LogP contribution in [0.2, 0.25) is 0 Å². The molecule has 0 spiro atoms. The van der Waals surface area contributed by atoms with Crippen molar-refractivity contribution in [2.45, 2.75) is 20.4 Å². The highest BCUT2D eigenvalue weighted by Gasteiger charge is 2.19. The predicted molar refractivity (Wildman–Crippen MR) is 308 cm³/mol. The van der Waals surface area contributed by atoms with Gasteiger partial charge in [-0.05, 0) is 132 Å². The number of aryl methyl sites for hydroxylation is 1. The van der Waals surface area contributed by atoms with E-state index < -0.39 is 0 Å². The summed E-state index contributed by atoms with van der Waals surface area (Å²) in [6, 6.07) is 80.5. The largest absolute Gasteiger partial charge is 0.309 e. The fourth-order valence-electron chi connectivity index (χ4n) is 10.8. The van der Waals surface area contributed by atoms with Gasteiger partial charge in [0, 0.05) is 64.2 Å². The van der Waals surface area contributed by atoms with Crippen LogP contribution in [0.3, 0.4) is 0 Å². The number of aliphatic imine (C=N–C) groups is 3. The first kappa shape index (κ1) is 43.1. The summed E-state index contributed by atoms with van der Waals surface area (Å²) in [6.07, 6.45) is 0. The van der Waals surface area contributed by atoms with Gasteiger partial charge in [0.25, 0.3) is 0 Å². The van der Waals surface area contributed by atoms with Gasteiger partial charge in [0.1, 0.15) is 0 Å². The van der Waals surface area contributed by atoms with E-state index in [1.165, 1.54) is 92.5 Å². The second kappa shape index (κ2) is 17.8. The van der Waals surface area contributed by atoms with Gasteiger partial charge < -0.3 is 9.13 Å². The Hall–Kier alpha value is -8.97. The molecule has 0 aliphatic heterocycles. The second-order valence-corrected chi connectivity index (χ2v) is 19.5. The summed E-state index contributed by atoms with van der Waals surface area (Å²) < 4.78 is 7.17. The molecule has 72 heavy (non-hydrogen) atoms. The molecule has 342 valence electrons. The number of aromatic nitrogens is 2. The molecule has 5 nitrogen and oxygen atoms in total. The van der Waals surface area contributed by atoms with Crippen molar-refractivity contribution in [2.24, 2.45) is 15.0 Å². The van der Waals surface area contributed by atoms with Crippen molar-refractivity contribution >= 4 is 93.5 Å². The summed E-state index contributed by atoms with van der Waals surface area (Å²) >= 11 is 1.76. The van der Waals surface area contributed by atoms with Crippen LogP contribution in [-0.2, 0) is 6.54 Å². The maximum absolute atomic E-state index is 5.26. The Morgan fingerprint density at radius 1 is 0.458 bits per heavy atom. The fraction of sp³-hybridized carbons (Fsp3) is 0.0455. The molecular formula is C66H47N5S. The molecule has 0 fully saturated rings. The van der Waals surface area contributed by atoms with Crippen molar-refractivity contribution in [2.75, 3.05) is 0 Å². The Kier molecular flexibility index (Phi) is 10.6. The summed E-state index contributed by atoms with van der Waals surface area (Å²) in [5.41, 5.74) is 17.2. The lowest BCUT2D eigenvalue weighted by atomic mass is 9.93. The molecule has 0 unspecified atom stereocenters. The molecule has 0 saturated heterocycles. The Morgan fingerprint density at radius 3 is 1.74 bits per heavy atom. The van der Waals surface area contributed by atoms with E-state index in [2.05, 4.69) is 241 Å². The molecule has 13 rings (SSSR count). The first-order chi connectivity index (χ1) is 35.5. The SMILES string of the molecule is C=N/C(=N\C(=N/Cc1cccc(-c2cc(-n3c4ccccc4c4cc(-c5ccc6c(c5)c5ccccc5n6-c5ccccc5)ccc43)ccc2C)c1C)c1ccccc1)c1cccc2c1sc1ccccc12. The molecule has 0 aliphatic carbocycles. The van der Waals surface area contributed by atoms with Crippen molar-refractivity contribution in [3.63, 3.8) is 0 Å². The summed E-state index contributed by atoms with van der Waals surface area (Å²) in [6.45, 7) is 8.87. The molecule has 0 radical (unpaired) electrons. The van der Waals surface area contributed by atoms with Gasteiger partial charge in [-0.2, -0.15) is 0 Å². The van der Waals surface area contributed by atoms with Crippen molar-refractivity contribution < 1.29 is 0 Å². The van der Waals surface area contributed by atoms with Crippen LogP contribution in [0, 0.1) is 13.8 Å². The van der Waals surface area contributed by atoms with Crippen molar-refractivity contribution in [3.8, 4) is 33.6 Å². The summed E-state index contributed by atoms with van der Waals surface area (Å²) in [5, 5.41) is 7.36. The number of nitrogens with zero attached hydrogens (tertiary/aromatic N) is 5. The van der Waals surface area contributed by atoms with Crippen LogP contribution >= 0.6 is 11.3 Å². The quantitative estimate of drug-likeness (QED) is 0.108. The number of hydrogen-bond acceptors (Lipinski definition) is 2. The van der Waals surface area contributed by atoms with E-state index in [4.69, 9.17) is 9.98 Å². The average molecular weight is 942 g/mol. The molecule has 13 aromatic rings. The zero-order chi connectivity index (χ0) is 48.3. The van der Waals surface area contributed by atoms with E-state index in [-0.39, 0.29) is 0 Å². The zero-order valence-electron chi connectivity index (χ0n) is 39.9. The Morgan fingerprint density at radius 2 is 1.04 bits per heavy atom. The summed E-state index contributed by atoms with van der Waals surface area (Å²) in [7, 11) is 0. The third kappa shape index (κ3) is 7.26. The van der Waals surface area contributed by atoms with E-state index in [0.717, 1.165) is 32.8 Å². The van der Waals surface area contributed by atoms with Crippen LogP contribution in [0.5, 0.6) is 0 Å². The molecule has 0 atom stereocenters. The smallest absolute Gasteiger partial charge is 0.162 e. The highest BCUT2D eigenvalue weighted by atomic mass is 32.1. The lowest BCUT2D eigenvalue weighted by molar-refractivity contribution is 1.04. The topological polar surface area (TPSA) is 46.9 Å². The van der Waals surface area contributed by atoms with E-state index in [1.54, 1.807) is 11.3 Å². The molecule has 0 aliphatic rings. The molecular weight excluding hydrogens is 895 g/mol. The van der Waals surface area contributed by atoms with E-state index in [9.17, 15) is 0 Å². The number of thiophene rings is 1. The molecule has 0 amide bonds. The predicted octanol–water partition coefficient (Wildman–Crippen LogP) is 17.3. The minimum Gasteiger partial charge on any atom is -0.309 e. The van der Waals surface area contributed by atoms with Crippen LogP contribution in [0.25, 0.3) is 97.4 Å². The summed E-state index contributed by atoms with van der Waals surface area (Å²) in [5.74, 6) is 1.17. The molecule has 0 bridgehead atoms. The molecule has 3 aromatic heterocycles. The molecule has 0 saturated carbocycles. The normalized spacial score (nSPS) is 12.3. The Balaban J connectivity index is 0.870. The minimum absolute atomic E-state index is 0.445. The van der Waals surface area contributed by atoms with Gasteiger partial charge in [0.05, 0.1) is 28.6 Å². The van der Waals surface area contributed by atoms with E-state index in [0.29, 0.717) is 18.2 Å². The first-order valence-corrected chi connectivity index (χ1v) is 25.2. The van der Waals surface area contributed by atoms with Crippen LogP contribution in [0.4, 0.5) is 0 Å². The Labute approximate surface area is 421 Å². The van der Waals surface area contributed by atoms with Crippen LogP contribution in [0.1, 0.15) is 27.8 Å². The fourth-order valence-corrected chi connectivity index (χ4v) is 12.0. The summed E-state index contributed by atoms with van der Waals surface area (Å²) in [4.78, 5) is 15.0. The third-order valence-electron chi connectivity index (χ3n) is 14.3. The van der Waals surface area contributed by atoms with Crippen LogP contribution in [-0.4, -0.2) is 27.5 Å². The van der Waals surface area contributed by atoms with E-state index >= 15 is 0 Å². The van der Waals surface area contributed by atoms with Crippen molar-refractivity contribution in [1.29, 1.82) is 0 Å². The zero-order valence-corrected chi connectivity index (χ0v) is 40.7. The molecule has 6 heteroatoms. The standard InChI is InChI=1S/C66H47N5S/c1-42-32-35-49(71-60-30-14-11-24-52(60)58-39-46(34-37-62(58)71)45-33-36-61-57(38-45)51-23-10-13-29-59(51)70(61)48-21-8-5-9-22-48)40-56(42)50-26-16-20-47(43(50)2)41-68-65(44-18-6-4-7-19-44)69-66(67-3)55-28-17-27-54-53-25-12-15-31-63(53)72-64(54)55/h4-40H,3,41H2,1-2H3/b68-65-,69-66-. The molecule has 0 N–H and O–H groups in total. The van der Waals surface area contributed by atoms with Gasteiger partial charge in [-0.3, -0.25) is 4.99 Å². The number of fused-ring (bicyclic) bond motifs is 9. The monoisotopic (exact) mass is 941 g/mol. The average Bonchev–Trinajstić information content (AvgIpc) is 4.10. The van der Waals surface area contributed by atoms with Crippen LogP contribution in [0.15, 0.2) is 239 Å². The highest BCUT2D eigenvalue weighted by molar-refractivity contribution is 7.26. The third-order valence-corrected chi connectivity index (χ3v) is 15.6. The van der Waals surface area contributed by atoms with Crippen LogP contribution < -0.4 is 0 Å². The van der Waals surface area contributed by atoms with Gasteiger partial charge in [0.2, 0.25) is 0 Å². The second-order valence-electron chi connectivity index (χ2n) is 18.5. The Bertz CT molecular complexity index is 4340.